The molecular weight excluding hydrogens is 276 g/mol. The predicted octanol–water partition coefficient (Wildman–Crippen LogP) is 2.80. The summed E-state index contributed by atoms with van der Waals surface area (Å²) in [6.45, 7) is 0.240. The number of carbonyl (C=O) groups is 1. The van der Waals surface area contributed by atoms with E-state index in [1.54, 1.807) is 34.7 Å². The van der Waals surface area contributed by atoms with Gasteiger partial charge in [0.1, 0.15) is 0 Å². The average Bonchev–Trinajstić information content (AvgIpc) is 2.96. The van der Waals surface area contributed by atoms with Gasteiger partial charge in [0, 0.05) is 16.0 Å². The minimum Gasteiger partial charge on any atom is -0.341 e. The third-order valence-electron chi connectivity index (χ3n) is 2.34. The monoisotopic (exact) mass is 288 g/mol. The van der Waals surface area contributed by atoms with Crippen LogP contribution < -0.4 is 5.32 Å². The number of terminal acetylenes is 1. The fourth-order valence-corrected chi connectivity index (χ4v) is 3.08. The minimum absolute atomic E-state index is 0.140. The third-order valence-corrected chi connectivity index (χ3v) is 4.08. The van der Waals surface area contributed by atoms with E-state index in [1.807, 2.05) is 23.6 Å². The zero-order valence-electron chi connectivity index (χ0n) is 10.1. The van der Waals surface area contributed by atoms with E-state index in [9.17, 15) is 4.79 Å². The lowest BCUT2D eigenvalue weighted by atomic mass is 10.2. The van der Waals surface area contributed by atoms with Crippen molar-refractivity contribution in [1.82, 2.24) is 10.3 Å². The second kappa shape index (κ2) is 6.98. The largest absolute Gasteiger partial charge is 0.341 e. The number of carbonyl (C=O) groups excluding carboxylic acids is 1. The van der Waals surface area contributed by atoms with Crippen molar-refractivity contribution in [1.29, 1.82) is 0 Å². The molecule has 5 heteroatoms. The Labute approximate surface area is 120 Å². The lowest BCUT2D eigenvalue weighted by Gasteiger charge is -2.07. The van der Waals surface area contributed by atoms with Crippen LogP contribution in [0, 0.1) is 12.3 Å². The summed E-state index contributed by atoms with van der Waals surface area (Å²) in [5.41, 5.74) is 3.48. The number of thioether (sulfide) groups is 1. The van der Waals surface area contributed by atoms with Gasteiger partial charge in [-0.25, -0.2) is 4.98 Å². The smallest absolute Gasteiger partial charge is 0.253 e. The summed E-state index contributed by atoms with van der Waals surface area (Å²) in [5, 5.41) is 4.69. The molecule has 0 atom stereocenters. The SMILES string of the molecule is C#CCNC(=O)c1ccccc1SCc1cscn1. The van der Waals surface area contributed by atoms with E-state index >= 15 is 0 Å². The van der Waals surface area contributed by atoms with Gasteiger partial charge in [0.25, 0.3) is 5.91 Å². The molecule has 0 unspecified atom stereocenters. The van der Waals surface area contributed by atoms with Crippen LogP contribution in [0.4, 0.5) is 0 Å². The Morgan fingerprint density at radius 2 is 2.32 bits per heavy atom. The van der Waals surface area contributed by atoms with Gasteiger partial charge in [0.05, 0.1) is 23.3 Å². The molecule has 0 saturated heterocycles. The summed E-state index contributed by atoms with van der Waals surface area (Å²) in [6, 6.07) is 7.50. The van der Waals surface area contributed by atoms with Gasteiger partial charge in [-0.05, 0) is 12.1 Å². The van der Waals surface area contributed by atoms with Crippen LogP contribution >= 0.6 is 23.1 Å². The van der Waals surface area contributed by atoms with Crippen molar-refractivity contribution in [2.24, 2.45) is 0 Å². The van der Waals surface area contributed by atoms with Gasteiger partial charge in [0.15, 0.2) is 0 Å². The second-order valence-electron chi connectivity index (χ2n) is 3.65. The maximum atomic E-state index is 12.0. The van der Waals surface area contributed by atoms with Gasteiger partial charge in [0.2, 0.25) is 0 Å². The number of benzene rings is 1. The molecule has 3 nitrogen and oxygen atoms in total. The first-order valence-corrected chi connectivity index (χ1v) is 7.54. The summed E-state index contributed by atoms with van der Waals surface area (Å²) in [5.74, 6) is 3.01. The molecule has 19 heavy (non-hydrogen) atoms. The normalized spacial score (nSPS) is 9.84. The van der Waals surface area contributed by atoms with E-state index in [4.69, 9.17) is 6.42 Å². The quantitative estimate of drug-likeness (QED) is 0.679. The van der Waals surface area contributed by atoms with Gasteiger partial charge < -0.3 is 5.32 Å². The number of nitrogens with zero attached hydrogens (tertiary/aromatic N) is 1. The lowest BCUT2D eigenvalue weighted by Crippen LogP contribution is -2.24. The van der Waals surface area contributed by atoms with Gasteiger partial charge in [-0.2, -0.15) is 0 Å². The van der Waals surface area contributed by atoms with Crippen LogP contribution in [0.2, 0.25) is 0 Å². The van der Waals surface area contributed by atoms with Gasteiger partial charge in [-0.1, -0.05) is 18.1 Å². The molecule has 1 N–H and O–H groups in total. The minimum atomic E-state index is -0.140. The van der Waals surface area contributed by atoms with Crippen LogP contribution in [0.3, 0.4) is 0 Å². The number of aromatic nitrogens is 1. The van der Waals surface area contributed by atoms with E-state index in [-0.39, 0.29) is 12.5 Å². The first-order valence-electron chi connectivity index (χ1n) is 5.62. The molecular formula is C14H12N2OS2. The number of nitrogens with one attached hydrogen (secondary N) is 1. The fraction of sp³-hybridized carbons (Fsp3) is 0.143. The molecule has 0 fully saturated rings. The molecule has 1 aromatic carbocycles. The highest BCUT2D eigenvalue weighted by Gasteiger charge is 2.10. The summed E-state index contributed by atoms with van der Waals surface area (Å²) in [4.78, 5) is 17.1. The van der Waals surface area contributed by atoms with E-state index in [2.05, 4.69) is 16.2 Å². The first kappa shape index (κ1) is 13.7. The maximum Gasteiger partial charge on any atom is 0.253 e. The molecule has 1 aromatic heterocycles. The van der Waals surface area contributed by atoms with Crippen LogP contribution in [-0.4, -0.2) is 17.4 Å². The van der Waals surface area contributed by atoms with Crippen LogP contribution in [-0.2, 0) is 5.75 Å². The Morgan fingerprint density at radius 1 is 1.47 bits per heavy atom. The van der Waals surface area contributed by atoms with Crippen molar-refractivity contribution >= 4 is 29.0 Å². The standard InChI is InChI=1S/C14H12N2OS2/c1-2-7-15-14(17)12-5-3-4-6-13(12)19-9-11-8-18-10-16-11/h1,3-6,8,10H,7,9H2,(H,15,17). The molecule has 0 bridgehead atoms. The van der Waals surface area contributed by atoms with Gasteiger partial charge in [-0.3, -0.25) is 4.79 Å². The van der Waals surface area contributed by atoms with Gasteiger partial charge in [-0.15, -0.1) is 29.5 Å². The molecule has 2 aromatic rings. The lowest BCUT2D eigenvalue weighted by molar-refractivity contribution is 0.0956. The molecule has 0 aliphatic carbocycles. The number of rotatable bonds is 5. The highest BCUT2D eigenvalue weighted by Crippen LogP contribution is 2.26. The number of hydrogen-bond donors (Lipinski definition) is 1. The Morgan fingerprint density at radius 3 is 3.05 bits per heavy atom. The molecule has 0 aliphatic heterocycles. The summed E-state index contributed by atoms with van der Waals surface area (Å²) in [7, 11) is 0. The Hall–Kier alpha value is -1.77. The highest BCUT2D eigenvalue weighted by molar-refractivity contribution is 7.98. The zero-order chi connectivity index (χ0) is 13.5. The number of thiazole rings is 1. The topological polar surface area (TPSA) is 42.0 Å². The van der Waals surface area contributed by atoms with Gasteiger partial charge >= 0.3 is 0 Å². The average molecular weight is 288 g/mol. The van der Waals surface area contributed by atoms with E-state index in [0.717, 1.165) is 16.3 Å². The molecule has 0 saturated carbocycles. The summed E-state index contributed by atoms with van der Waals surface area (Å²) in [6.07, 6.45) is 5.14. The third kappa shape index (κ3) is 3.85. The molecule has 1 amide bonds. The van der Waals surface area contributed by atoms with E-state index in [1.165, 1.54) is 0 Å². The molecule has 1 heterocycles. The molecule has 0 radical (unpaired) electrons. The van der Waals surface area contributed by atoms with Crippen LogP contribution in [0.5, 0.6) is 0 Å². The van der Waals surface area contributed by atoms with Crippen molar-refractivity contribution in [3.05, 3.63) is 46.4 Å². The molecule has 0 spiro atoms. The summed E-state index contributed by atoms with van der Waals surface area (Å²) >= 11 is 3.17. The Kier molecular flexibility index (Phi) is 5.01. The Balaban J connectivity index is 2.08. The molecule has 2 rings (SSSR count). The van der Waals surface area contributed by atoms with Crippen molar-refractivity contribution in [3.8, 4) is 12.3 Å². The number of amides is 1. The van der Waals surface area contributed by atoms with Crippen LogP contribution in [0.25, 0.3) is 0 Å². The second-order valence-corrected chi connectivity index (χ2v) is 5.39. The van der Waals surface area contributed by atoms with E-state index in [0.29, 0.717) is 5.56 Å². The van der Waals surface area contributed by atoms with Crippen molar-refractivity contribution in [2.75, 3.05) is 6.54 Å². The molecule has 96 valence electrons. The van der Waals surface area contributed by atoms with E-state index < -0.39 is 0 Å². The maximum absolute atomic E-state index is 12.0. The van der Waals surface area contributed by atoms with Crippen LogP contribution in [0.1, 0.15) is 16.1 Å². The number of hydrogen-bond acceptors (Lipinski definition) is 4. The van der Waals surface area contributed by atoms with Crippen molar-refractivity contribution in [3.63, 3.8) is 0 Å². The van der Waals surface area contributed by atoms with Crippen molar-refractivity contribution in [2.45, 2.75) is 10.6 Å². The highest BCUT2D eigenvalue weighted by atomic mass is 32.2. The first-order chi connectivity index (χ1) is 9.31. The van der Waals surface area contributed by atoms with Crippen molar-refractivity contribution < 1.29 is 4.79 Å². The predicted molar refractivity (Wildman–Crippen MR) is 79.3 cm³/mol. The van der Waals surface area contributed by atoms with Crippen LogP contribution in [0.15, 0.2) is 40.1 Å². The summed E-state index contributed by atoms with van der Waals surface area (Å²) < 4.78 is 0. The zero-order valence-corrected chi connectivity index (χ0v) is 11.8. The fourth-order valence-electron chi connectivity index (χ4n) is 1.47. The molecule has 0 aliphatic rings. The Bertz CT molecular complexity index is 588.